The molecule has 220 valence electrons. The van der Waals surface area contributed by atoms with Gasteiger partial charge in [0.25, 0.3) is 0 Å². The van der Waals surface area contributed by atoms with Crippen LogP contribution in [0.5, 0.6) is 0 Å². The number of allylic oxidation sites excluding steroid dienone is 8. The monoisotopic (exact) mass is 560 g/mol. The summed E-state index contributed by atoms with van der Waals surface area (Å²) in [7, 11) is 5.49. The van der Waals surface area contributed by atoms with Gasteiger partial charge in [-0.3, -0.25) is 9.69 Å². The summed E-state index contributed by atoms with van der Waals surface area (Å²) >= 11 is 0. The number of hydrogen-bond acceptors (Lipinski definition) is 7. The first-order chi connectivity index (χ1) is 19.7. The van der Waals surface area contributed by atoms with Gasteiger partial charge in [-0.25, -0.2) is 9.78 Å². The number of nitriles is 1. The van der Waals surface area contributed by atoms with E-state index in [0.29, 0.717) is 42.5 Å². The van der Waals surface area contributed by atoms with E-state index in [9.17, 15) is 14.9 Å². The number of amides is 2. The molecule has 0 aromatic carbocycles. The van der Waals surface area contributed by atoms with Gasteiger partial charge >= 0.3 is 6.03 Å². The van der Waals surface area contributed by atoms with Crippen molar-refractivity contribution in [3.63, 3.8) is 0 Å². The number of hydrogen-bond donors (Lipinski definition) is 2. The Labute approximate surface area is 244 Å². The molecule has 0 spiro atoms. The quantitative estimate of drug-likeness (QED) is 0.142. The van der Waals surface area contributed by atoms with Crippen molar-refractivity contribution in [1.29, 1.82) is 5.26 Å². The number of carbonyl (C=O) groups is 2. The third-order valence-corrected chi connectivity index (χ3v) is 6.61. The van der Waals surface area contributed by atoms with Crippen LogP contribution in [0, 0.1) is 11.3 Å². The molecule has 0 radical (unpaired) electrons. The van der Waals surface area contributed by atoms with Crippen LogP contribution in [0.1, 0.15) is 68.6 Å². The predicted octanol–water partition coefficient (Wildman–Crippen LogP) is 5.50. The summed E-state index contributed by atoms with van der Waals surface area (Å²) in [6, 6.07) is 3.85. The molecule has 1 aliphatic rings. The molecule has 2 rings (SSSR count). The van der Waals surface area contributed by atoms with Crippen LogP contribution >= 0.6 is 0 Å². The molecule has 1 aromatic rings. The van der Waals surface area contributed by atoms with Crippen LogP contribution in [-0.4, -0.2) is 63.1 Å². The molecular weight excluding hydrogens is 516 g/mol. The summed E-state index contributed by atoms with van der Waals surface area (Å²) in [6.45, 7) is 9.39. The summed E-state index contributed by atoms with van der Waals surface area (Å²) < 4.78 is 5.13. The zero-order valence-electron chi connectivity index (χ0n) is 25.5. The molecule has 41 heavy (non-hydrogen) atoms. The minimum atomic E-state index is -0.347. The van der Waals surface area contributed by atoms with Crippen molar-refractivity contribution >= 4 is 23.8 Å². The van der Waals surface area contributed by atoms with E-state index in [-0.39, 0.29) is 11.7 Å². The molecule has 9 nitrogen and oxygen atoms in total. The van der Waals surface area contributed by atoms with Crippen molar-refractivity contribution in [1.82, 2.24) is 20.5 Å². The molecule has 2 amide bonds. The number of pyridine rings is 1. The minimum Gasteiger partial charge on any atom is -0.383 e. The van der Waals surface area contributed by atoms with Crippen molar-refractivity contribution in [2.45, 2.75) is 53.4 Å². The maximum absolute atomic E-state index is 13.4. The SMILES string of the molecule is CC/C=C/C(C#N)=C(\C=C(/C)NC(=O)N1CCCc2cc(/C(=C/C=C(/C)CC)N(C)C)c(C=O)nc21)NCCOC. The minimum absolute atomic E-state index is 0.284. The Hall–Kier alpha value is -4.16. The van der Waals surface area contributed by atoms with Gasteiger partial charge in [-0.2, -0.15) is 5.26 Å². The molecule has 0 saturated heterocycles. The number of aldehydes is 1. The number of urea groups is 1. The molecule has 0 atom stereocenters. The van der Waals surface area contributed by atoms with E-state index in [1.54, 1.807) is 31.1 Å². The van der Waals surface area contributed by atoms with Crippen LogP contribution in [-0.2, 0) is 11.2 Å². The summed E-state index contributed by atoms with van der Waals surface area (Å²) in [5.74, 6) is 0.489. The lowest BCUT2D eigenvalue weighted by Gasteiger charge is -2.30. The Morgan fingerprint density at radius 2 is 2.02 bits per heavy atom. The van der Waals surface area contributed by atoms with Crippen LogP contribution in [0.2, 0.25) is 0 Å². The third kappa shape index (κ3) is 9.47. The molecule has 1 aliphatic heterocycles. The zero-order valence-corrected chi connectivity index (χ0v) is 25.5. The summed E-state index contributed by atoms with van der Waals surface area (Å²) in [4.78, 5) is 33.9. The second kappa shape index (κ2) is 16.8. The normalized spacial score (nSPS) is 14.8. The Balaban J connectivity index is 2.44. The van der Waals surface area contributed by atoms with Gasteiger partial charge in [-0.15, -0.1) is 0 Å². The van der Waals surface area contributed by atoms with Gasteiger partial charge in [0.15, 0.2) is 6.29 Å². The highest BCUT2D eigenvalue weighted by molar-refractivity contribution is 5.94. The van der Waals surface area contributed by atoms with Crippen LogP contribution in [0.15, 0.2) is 59.0 Å². The number of fused-ring (bicyclic) bond motifs is 1. The van der Waals surface area contributed by atoms with Gasteiger partial charge in [0.05, 0.1) is 17.9 Å². The lowest BCUT2D eigenvalue weighted by atomic mass is 9.99. The van der Waals surface area contributed by atoms with E-state index in [2.05, 4.69) is 41.6 Å². The topological polar surface area (TPSA) is 111 Å². The molecule has 0 bridgehead atoms. The fourth-order valence-electron chi connectivity index (χ4n) is 4.25. The van der Waals surface area contributed by atoms with E-state index < -0.39 is 0 Å². The number of aryl methyl sites for hydroxylation is 1. The summed E-state index contributed by atoms with van der Waals surface area (Å²) in [5, 5.41) is 15.9. The number of carbonyl (C=O) groups excluding carboxylic acids is 2. The second-order valence-corrected chi connectivity index (χ2v) is 10.0. The zero-order chi connectivity index (χ0) is 30.4. The van der Waals surface area contributed by atoms with Gasteiger partial charge in [0.1, 0.15) is 17.6 Å². The van der Waals surface area contributed by atoms with Gasteiger partial charge in [-0.05, 0) is 69.4 Å². The van der Waals surface area contributed by atoms with Gasteiger partial charge in [0.2, 0.25) is 0 Å². The highest BCUT2D eigenvalue weighted by Crippen LogP contribution is 2.31. The molecule has 0 unspecified atom stereocenters. The molecule has 9 heteroatoms. The largest absolute Gasteiger partial charge is 0.383 e. The average molecular weight is 561 g/mol. The van der Waals surface area contributed by atoms with E-state index in [1.165, 1.54) is 5.57 Å². The number of aromatic nitrogens is 1. The third-order valence-electron chi connectivity index (χ3n) is 6.61. The molecule has 0 saturated carbocycles. The lowest BCUT2D eigenvalue weighted by Crippen LogP contribution is -2.43. The first-order valence-electron chi connectivity index (χ1n) is 14.0. The number of methoxy groups -OCH3 is 1. The first-order valence-corrected chi connectivity index (χ1v) is 14.0. The van der Waals surface area contributed by atoms with Crippen molar-refractivity contribution < 1.29 is 14.3 Å². The summed E-state index contributed by atoms with van der Waals surface area (Å²) in [6.07, 6.45) is 13.5. The van der Waals surface area contributed by atoms with Crippen molar-refractivity contribution in [3.05, 3.63) is 75.8 Å². The maximum atomic E-state index is 13.4. The lowest BCUT2D eigenvalue weighted by molar-refractivity contribution is 0.111. The van der Waals surface area contributed by atoms with Gasteiger partial charge in [0, 0.05) is 51.3 Å². The van der Waals surface area contributed by atoms with E-state index in [1.807, 2.05) is 44.1 Å². The molecular formula is C32H44N6O3. The fraction of sp³-hybridized carbons (Fsp3) is 0.438. The Bertz CT molecular complexity index is 1280. The van der Waals surface area contributed by atoms with Crippen molar-refractivity contribution in [3.8, 4) is 6.07 Å². The molecule has 2 N–H and O–H groups in total. The number of ether oxygens (including phenoxy) is 1. The van der Waals surface area contributed by atoms with E-state index in [4.69, 9.17) is 4.74 Å². The Kier molecular flexibility index (Phi) is 13.6. The van der Waals surface area contributed by atoms with Gasteiger partial charge < -0.3 is 20.3 Å². The van der Waals surface area contributed by atoms with E-state index in [0.717, 1.165) is 48.8 Å². The highest BCUT2D eigenvalue weighted by Gasteiger charge is 2.27. The Morgan fingerprint density at radius 1 is 1.27 bits per heavy atom. The number of rotatable bonds is 13. The smallest absolute Gasteiger partial charge is 0.327 e. The standard InChI is InChI=1S/C32H44N6O3/c1-8-10-12-26(21-33)28(34-16-18-41-7)19-24(4)35-32(40)38-17-11-13-25-20-27(29(22-39)36-31(25)38)30(37(5)6)15-14-23(3)9-2/h10,12,14-15,19-20,22,34H,8-9,11,13,16-18H2,1-7H3,(H,35,40)/b12-10+,23-14-,24-19+,28-26-,30-15-. The highest BCUT2D eigenvalue weighted by atomic mass is 16.5. The number of anilines is 1. The summed E-state index contributed by atoms with van der Waals surface area (Å²) in [5.41, 5.74) is 5.64. The van der Waals surface area contributed by atoms with Crippen LogP contribution < -0.4 is 15.5 Å². The second-order valence-electron chi connectivity index (χ2n) is 10.0. The van der Waals surface area contributed by atoms with Gasteiger partial charge in [-0.1, -0.05) is 31.6 Å². The average Bonchev–Trinajstić information content (AvgIpc) is 2.96. The number of nitrogens with zero attached hydrogens (tertiary/aromatic N) is 4. The van der Waals surface area contributed by atoms with Crippen LogP contribution in [0.25, 0.3) is 5.70 Å². The molecule has 0 fully saturated rings. The van der Waals surface area contributed by atoms with Crippen molar-refractivity contribution in [2.75, 3.05) is 45.8 Å². The number of nitrogens with one attached hydrogen (secondary N) is 2. The first kappa shape index (κ1) is 33.0. The van der Waals surface area contributed by atoms with Crippen LogP contribution in [0.3, 0.4) is 0 Å². The van der Waals surface area contributed by atoms with E-state index >= 15 is 0 Å². The molecule has 1 aromatic heterocycles. The molecule has 0 aliphatic carbocycles. The maximum Gasteiger partial charge on any atom is 0.327 e. The van der Waals surface area contributed by atoms with Crippen molar-refractivity contribution in [2.24, 2.45) is 0 Å². The molecule has 2 heterocycles. The Morgan fingerprint density at radius 3 is 2.63 bits per heavy atom. The predicted molar refractivity (Wildman–Crippen MR) is 165 cm³/mol. The fourth-order valence-corrected chi connectivity index (χ4v) is 4.25. The van der Waals surface area contributed by atoms with Crippen LogP contribution in [0.4, 0.5) is 10.6 Å².